The highest BCUT2D eigenvalue weighted by Gasteiger charge is 2.30. The molecule has 0 spiro atoms. The minimum Gasteiger partial charge on any atom is -0.495 e. The van der Waals surface area contributed by atoms with Gasteiger partial charge in [-0.15, -0.1) is 6.58 Å². The Balaban J connectivity index is 2.56. The van der Waals surface area contributed by atoms with Gasteiger partial charge in [0.1, 0.15) is 11.4 Å². The van der Waals surface area contributed by atoms with Crippen molar-refractivity contribution in [2.24, 2.45) is 0 Å². The second-order valence-corrected chi connectivity index (χ2v) is 8.30. The number of ether oxygens (including phenoxy) is 2. The van der Waals surface area contributed by atoms with Crippen LogP contribution in [0.4, 0.5) is 11.4 Å². The smallest absolute Gasteiger partial charge is 0.271 e. The van der Waals surface area contributed by atoms with Crippen LogP contribution >= 0.6 is 0 Å². The first-order valence-electron chi connectivity index (χ1n) is 8.99. The van der Waals surface area contributed by atoms with Crippen LogP contribution in [0.2, 0.25) is 0 Å². The van der Waals surface area contributed by atoms with Gasteiger partial charge < -0.3 is 14.6 Å². The predicted molar refractivity (Wildman–Crippen MR) is 112 cm³/mol. The first-order valence-corrected chi connectivity index (χ1v) is 10.4. The number of hydrogen-bond acceptors (Lipinski definition) is 7. The summed E-state index contributed by atoms with van der Waals surface area (Å²) < 4.78 is 38.1. The van der Waals surface area contributed by atoms with Crippen LogP contribution < -0.4 is 9.04 Å². The Labute approximate surface area is 175 Å². The Hall–Kier alpha value is -2.95. The van der Waals surface area contributed by atoms with E-state index in [1.54, 1.807) is 12.1 Å². The number of hydrogen-bond donors (Lipinski definition) is 1. The Morgan fingerprint density at radius 3 is 2.50 bits per heavy atom. The lowest BCUT2D eigenvalue weighted by atomic mass is 10.2. The van der Waals surface area contributed by atoms with Crippen molar-refractivity contribution in [1.29, 1.82) is 0 Å². The Bertz CT molecular complexity index is 991. The highest BCUT2D eigenvalue weighted by molar-refractivity contribution is 7.92. The summed E-state index contributed by atoms with van der Waals surface area (Å²) in [7, 11) is -2.85. The van der Waals surface area contributed by atoms with Crippen molar-refractivity contribution in [3.05, 3.63) is 70.8 Å². The van der Waals surface area contributed by atoms with Crippen LogP contribution in [0, 0.1) is 17.0 Å². The summed E-state index contributed by atoms with van der Waals surface area (Å²) in [6.45, 7) is 4.96. The molecule has 0 fully saturated rings. The molecule has 2 rings (SSSR count). The molecule has 10 heteroatoms. The van der Waals surface area contributed by atoms with Gasteiger partial charge in [-0.2, -0.15) is 0 Å². The fraction of sp³-hybridized carbons (Fsp3) is 0.300. The van der Waals surface area contributed by atoms with Crippen molar-refractivity contribution < 1.29 is 27.9 Å². The van der Waals surface area contributed by atoms with Crippen molar-refractivity contribution >= 4 is 21.4 Å². The van der Waals surface area contributed by atoms with Crippen LogP contribution in [0.25, 0.3) is 0 Å². The number of methoxy groups -OCH3 is 1. The average Bonchev–Trinajstić information content (AvgIpc) is 2.72. The maximum absolute atomic E-state index is 13.4. The number of aliphatic hydroxyl groups excluding tert-OH is 1. The van der Waals surface area contributed by atoms with E-state index in [1.807, 2.05) is 6.92 Å². The van der Waals surface area contributed by atoms with Crippen LogP contribution in [0.5, 0.6) is 5.75 Å². The molecular formula is C20H24N2O7S. The van der Waals surface area contributed by atoms with Crippen molar-refractivity contribution in [1.82, 2.24) is 0 Å². The third-order valence-corrected chi connectivity index (χ3v) is 5.97. The Morgan fingerprint density at radius 2 is 1.93 bits per heavy atom. The van der Waals surface area contributed by atoms with E-state index < -0.39 is 27.6 Å². The van der Waals surface area contributed by atoms with E-state index in [0.29, 0.717) is 0 Å². The van der Waals surface area contributed by atoms with Gasteiger partial charge in [0.15, 0.2) is 0 Å². The third-order valence-electron chi connectivity index (χ3n) is 4.17. The highest BCUT2D eigenvalue weighted by Crippen LogP contribution is 2.35. The van der Waals surface area contributed by atoms with E-state index in [2.05, 4.69) is 6.58 Å². The van der Waals surface area contributed by atoms with E-state index in [1.165, 1.54) is 37.5 Å². The predicted octanol–water partition coefficient (Wildman–Crippen LogP) is 2.67. The summed E-state index contributed by atoms with van der Waals surface area (Å²) in [5.41, 5.74) is 0.494. The zero-order valence-corrected chi connectivity index (χ0v) is 17.5. The van der Waals surface area contributed by atoms with Gasteiger partial charge in [-0.05, 0) is 25.1 Å². The zero-order chi connectivity index (χ0) is 22.3. The minimum absolute atomic E-state index is 0.0270. The summed E-state index contributed by atoms with van der Waals surface area (Å²) in [6, 6.07) is 9.76. The summed E-state index contributed by atoms with van der Waals surface area (Å²) >= 11 is 0. The molecule has 2 aromatic rings. The fourth-order valence-corrected chi connectivity index (χ4v) is 4.19. The molecule has 0 heterocycles. The quantitative estimate of drug-likeness (QED) is 0.249. The summed E-state index contributed by atoms with van der Waals surface area (Å²) in [5, 5.41) is 21.6. The number of nitro benzene ring substituents is 1. The molecule has 30 heavy (non-hydrogen) atoms. The molecule has 0 saturated heterocycles. The molecule has 1 atom stereocenters. The monoisotopic (exact) mass is 436 g/mol. The third kappa shape index (κ3) is 5.56. The molecule has 162 valence electrons. The lowest BCUT2D eigenvalue weighted by Gasteiger charge is -2.28. The van der Waals surface area contributed by atoms with Gasteiger partial charge in [-0.25, -0.2) is 8.42 Å². The van der Waals surface area contributed by atoms with E-state index in [4.69, 9.17) is 9.47 Å². The molecule has 0 aliphatic heterocycles. The summed E-state index contributed by atoms with van der Waals surface area (Å²) in [5.74, 6) is 0.107. The molecule has 0 saturated carbocycles. The Kier molecular flexibility index (Phi) is 7.93. The maximum atomic E-state index is 13.4. The molecule has 0 radical (unpaired) electrons. The van der Waals surface area contributed by atoms with Gasteiger partial charge in [-0.3, -0.25) is 14.4 Å². The number of non-ortho nitro benzene ring substituents is 1. The molecular weight excluding hydrogens is 412 g/mol. The second-order valence-electron chi connectivity index (χ2n) is 6.44. The molecule has 0 bridgehead atoms. The van der Waals surface area contributed by atoms with Gasteiger partial charge in [0.2, 0.25) is 0 Å². The number of nitrogens with zero attached hydrogens (tertiary/aromatic N) is 2. The number of nitro groups is 1. The van der Waals surface area contributed by atoms with Gasteiger partial charge in [-0.1, -0.05) is 23.8 Å². The topological polar surface area (TPSA) is 119 Å². The maximum Gasteiger partial charge on any atom is 0.271 e. The minimum atomic E-state index is -4.18. The van der Waals surface area contributed by atoms with Crippen LogP contribution in [0.1, 0.15) is 5.56 Å². The molecule has 0 aromatic heterocycles. The molecule has 1 N–H and O–H groups in total. The standard InChI is InChI=1S/C20H24N2O7S/c1-4-11-29-14-17(23)13-21(30(26,27)18-8-5-15(2)6-9-18)19-12-16(22(24)25)7-10-20(19)28-3/h4-10,12,17,23H,1,11,13-14H2,2-3H3. The SMILES string of the molecule is C=CCOCC(O)CN(c1cc([N+](=O)[O-])ccc1OC)S(=O)(=O)c1ccc(C)cc1. The van der Waals surface area contributed by atoms with Crippen molar-refractivity contribution in [3.63, 3.8) is 0 Å². The van der Waals surface area contributed by atoms with Crippen LogP contribution in [0.15, 0.2) is 60.0 Å². The molecule has 1 unspecified atom stereocenters. The summed E-state index contributed by atoms with van der Waals surface area (Å²) in [6.07, 6.45) is 0.297. The molecule has 0 amide bonds. The number of benzene rings is 2. The molecule has 9 nitrogen and oxygen atoms in total. The molecule has 2 aromatic carbocycles. The first kappa shape index (κ1) is 23.3. The zero-order valence-electron chi connectivity index (χ0n) is 16.7. The van der Waals surface area contributed by atoms with Gasteiger partial charge >= 0.3 is 0 Å². The molecule has 0 aliphatic carbocycles. The number of anilines is 1. The van der Waals surface area contributed by atoms with Gasteiger partial charge in [0, 0.05) is 12.1 Å². The largest absolute Gasteiger partial charge is 0.495 e. The van der Waals surface area contributed by atoms with E-state index in [-0.39, 0.29) is 35.2 Å². The van der Waals surface area contributed by atoms with Gasteiger partial charge in [0.05, 0.1) is 42.8 Å². The molecule has 0 aliphatic rings. The van der Waals surface area contributed by atoms with Crippen molar-refractivity contribution in [2.75, 3.05) is 31.2 Å². The number of aryl methyl sites for hydroxylation is 1. The lowest BCUT2D eigenvalue weighted by Crippen LogP contribution is -2.39. The number of sulfonamides is 1. The first-order chi connectivity index (χ1) is 14.2. The van der Waals surface area contributed by atoms with E-state index >= 15 is 0 Å². The lowest BCUT2D eigenvalue weighted by molar-refractivity contribution is -0.384. The van der Waals surface area contributed by atoms with Crippen molar-refractivity contribution in [3.8, 4) is 5.75 Å². The number of aliphatic hydroxyl groups is 1. The van der Waals surface area contributed by atoms with Crippen LogP contribution in [0.3, 0.4) is 0 Å². The fourth-order valence-electron chi connectivity index (χ4n) is 2.68. The second kappa shape index (κ2) is 10.2. The number of rotatable bonds is 11. The normalized spacial score (nSPS) is 12.2. The van der Waals surface area contributed by atoms with E-state index in [9.17, 15) is 23.6 Å². The summed E-state index contributed by atoms with van der Waals surface area (Å²) in [4.78, 5) is 10.6. The van der Waals surface area contributed by atoms with Crippen molar-refractivity contribution in [2.45, 2.75) is 17.9 Å². The average molecular weight is 436 g/mol. The van der Waals surface area contributed by atoms with Gasteiger partial charge in [0.25, 0.3) is 15.7 Å². The van der Waals surface area contributed by atoms with Crippen LogP contribution in [-0.4, -0.2) is 51.4 Å². The van der Waals surface area contributed by atoms with Crippen LogP contribution in [-0.2, 0) is 14.8 Å². The highest BCUT2D eigenvalue weighted by atomic mass is 32.2. The van der Waals surface area contributed by atoms with E-state index in [0.717, 1.165) is 15.9 Å². The Morgan fingerprint density at radius 1 is 1.27 bits per heavy atom.